The van der Waals surface area contributed by atoms with Crippen LogP contribution in [0.5, 0.6) is 0 Å². The van der Waals surface area contributed by atoms with Gasteiger partial charge in [-0.3, -0.25) is 4.79 Å². The van der Waals surface area contributed by atoms with E-state index in [0.29, 0.717) is 24.1 Å². The summed E-state index contributed by atoms with van der Waals surface area (Å²) in [5.74, 6) is 0.300. The first kappa shape index (κ1) is 15.9. The number of aromatic nitrogens is 2. The van der Waals surface area contributed by atoms with Crippen molar-refractivity contribution in [2.45, 2.75) is 20.4 Å². The van der Waals surface area contributed by atoms with E-state index in [1.165, 1.54) is 12.1 Å². The molecule has 0 atom stereocenters. The predicted octanol–water partition coefficient (Wildman–Crippen LogP) is 2.61. The molecule has 0 bridgehead atoms. The first-order valence-corrected chi connectivity index (χ1v) is 7.14. The van der Waals surface area contributed by atoms with Gasteiger partial charge < -0.3 is 10.6 Å². The van der Waals surface area contributed by atoms with Gasteiger partial charge in [0.15, 0.2) is 0 Å². The van der Waals surface area contributed by atoms with Gasteiger partial charge in [-0.1, -0.05) is 26.0 Å². The van der Waals surface area contributed by atoms with Crippen molar-refractivity contribution in [3.8, 4) is 0 Å². The van der Waals surface area contributed by atoms with Crippen molar-refractivity contribution < 1.29 is 9.18 Å². The van der Waals surface area contributed by atoms with Gasteiger partial charge in [-0.15, -0.1) is 0 Å². The summed E-state index contributed by atoms with van der Waals surface area (Å²) in [4.78, 5) is 20.3. The third kappa shape index (κ3) is 4.80. The Morgan fingerprint density at radius 2 is 1.95 bits per heavy atom. The van der Waals surface area contributed by atoms with Crippen molar-refractivity contribution in [1.29, 1.82) is 0 Å². The standard InChI is InChI=1S/C16H19FN4O/c1-11(2)9-20-16-18-8-7-14(21-16)15(22)19-10-12-3-5-13(17)6-4-12/h3-8,11H,9-10H2,1-2H3,(H,19,22)(H,18,20,21). The molecular formula is C16H19FN4O. The maximum atomic E-state index is 12.8. The highest BCUT2D eigenvalue weighted by atomic mass is 19.1. The lowest BCUT2D eigenvalue weighted by molar-refractivity contribution is 0.0946. The van der Waals surface area contributed by atoms with Gasteiger partial charge in [-0.25, -0.2) is 14.4 Å². The molecule has 2 rings (SSSR count). The molecular weight excluding hydrogens is 283 g/mol. The fourth-order valence-electron chi connectivity index (χ4n) is 1.74. The summed E-state index contributed by atoms with van der Waals surface area (Å²) in [7, 11) is 0. The zero-order chi connectivity index (χ0) is 15.9. The van der Waals surface area contributed by atoms with Gasteiger partial charge in [-0.05, 0) is 29.7 Å². The summed E-state index contributed by atoms with van der Waals surface area (Å²) < 4.78 is 12.8. The van der Waals surface area contributed by atoms with Gasteiger partial charge in [0.2, 0.25) is 5.95 Å². The van der Waals surface area contributed by atoms with E-state index in [1.807, 2.05) is 0 Å². The molecule has 2 aromatic rings. The summed E-state index contributed by atoms with van der Waals surface area (Å²) in [5.41, 5.74) is 1.12. The van der Waals surface area contributed by atoms with Crippen molar-refractivity contribution in [3.05, 3.63) is 53.6 Å². The van der Waals surface area contributed by atoms with E-state index in [9.17, 15) is 9.18 Å². The minimum atomic E-state index is -0.299. The van der Waals surface area contributed by atoms with E-state index in [0.717, 1.165) is 12.1 Å². The van der Waals surface area contributed by atoms with Gasteiger partial charge >= 0.3 is 0 Å². The second kappa shape index (κ2) is 7.49. The molecule has 2 N–H and O–H groups in total. The van der Waals surface area contributed by atoms with Crippen molar-refractivity contribution in [3.63, 3.8) is 0 Å². The van der Waals surface area contributed by atoms with E-state index in [2.05, 4.69) is 34.4 Å². The maximum absolute atomic E-state index is 12.8. The number of hydrogen-bond acceptors (Lipinski definition) is 4. The van der Waals surface area contributed by atoms with E-state index in [4.69, 9.17) is 0 Å². The predicted molar refractivity (Wildman–Crippen MR) is 82.9 cm³/mol. The van der Waals surface area contributed by atoms with E-state index in [-0.39, 0.29) is 11.7 Å². The van der Waals surface area contributed by atoms with Crippen molar-refractivity contribution in [2.24, 2.45) is 5.92 Å². The number of nitrogens with one attached hydrogen (secondary N) is 2. The third-order valence-electron chi connectivity index (χ3n) is 2.92. The highest BCUT2D eigenvalue weighted by Crippen LogP contribution is 2.05. The molecule has 0 aliphatic heterocycles. The molecule has 0 aliphatic rings. The Balaban J connectivity index is 1.94. The fraction of sp³-hybridized carbons (Fsp3) is 0.312. The minimum absolute atomic E-state index is 0.292. The van der Waals surface area contributed by atoms with E-state index < -0.39 is 0 Å². The lowest BCUT2D eigenvalue weighted by Gasteiger charge is -2.09. The molecule has 0 saturated heterocycles. The lowest BCUT2D eigenvalue weighted by Crippen LogP contribution is -2.24. The number of rotatable bonds is 6. The summed E-state index contributed by atoms with van der Waals surface area (Å²) in [6.45, 7) is 5.21. The maximum Gasteiger partial charge on any atom is 0.270 e. The quantitative estimate of drug-likeness (QED) is 0.861. The smallest absolute Gasteiger partial charge is 0.270 e. The fourth-order valence-corrected chi connectivity index (χ4v) is 1.74. The Hall–Kier alpha value is -2.50. The molecule has 5 nitrogen and oxygen atoms in total. The number of carbonyl (C=O) groups excluding carboxylic acids is 1. The van der Waals surface area contributed by atoms with E-state index in [1.54, 1.807) is 24.4 Å². The Labute approximate surface area is 129 Å². The molecule has 1 amide bonds. The van der Waals surface area contributed by atoms with Crippen LogP contribution in [0, 0.1) is 11.7 Å². The summed E-state index contributed by atoms with van der Waals surface area (Å²) >= 11 is 0. The van der Waals surface area contributed by atoms with Gasteiger partial charge in [0, 0.05) is 19.3 Å². The van der Waals surface area contributed by atoms with Crippen LogP contribution in [-0.2, 0) is 6.54 Å². The van der Waals surface area contributed by atoms with Crippen LogP contribution in [0.2, 0.25) is 0 Å². The molecule has 0 radical (unpaired) electrons. The number of amides is 1. The largest absolute Gasteiger partial charge is 0.354 e. The zero-order valence-electron chi connectivity index (χ0n) is 12.6. The summed E-state index contributed by atoms with van der Waals surface area (Å²) in [6, 6.07) is 7.54. The highest BCUT2D eigenvalue weighted by molar-refractivity contribution is 5.92. The SMILES string of the molecule is CC(C)CNc1nccc(C(=O)NCc2ccc(F)cc2)n1. The average Bonchev–Trinajstić information content (AvgIpc) is 2.52. The Bertz CT molecular complexity index is 628. The molecule has 1 aromatic carbocycles. The van der Waals surface area contributed by atoms with Crippen molar-refractivity contribution in [1.82, 2.24) is 15.3 Å². The number of nitrogens with zero attached hydrogens (tertiary/aromatic N) is 2. The minimum Gasteiger partial charge on any atom is -0.354 e. The highest BCUT2D eigenvalue weighted by Gasteiger charge is 2.08. The number of halogens is 1. The van der Waals surface area contributed by atoms with Crippen LogP contribution >= 0.6 is 0 Å². The molecule has 0 aliphatic carbocycles. The van der Waals surface area contributed by atoms with Gasteiger partial charge in [-0.2, -0.15) is 0 Å². The topological polar surface area (TPSA) is 66.9 Å². The van der Waals surface area contributed by atoms with Crippen LogP contribution in [0.1, 0.15) is 29.9 Å². The number of hydrogen-bond donors (Lipinski definition) is 2. The lowest BCUT2D eigenvalue weighted by atomic mass is 10.2. The molecule has 0 unspecified atom stereocenters. The van der Waals surface area contributed by atoms with E-state index >= 15 is 0 Å². The van der Waals surface area contributed by atoms with Crippen LogP contribution in [0.3, 0.4) is 0 Å². The van der Waals surface area contributed by atoms with Crippen LogP contribution in [0.4, 0.5) is 10.3 Å². The third-order valence-corrected chi connectivity index (χ3v) is 2.92. The van der Waals surface area contributed by atoms with Crippen LogP contribution in [-0.4, -0.2) is 22.4 Å². The Kier molecular flexibility index (Phi) is 5.41. The van der Waals surface area contributed by atoms with Crippen LogP contribution < -0.4 is 10.6 Å². The molecule has 0 fully saturated rings. The molecule has 6 heteroatoms. The molecule has 0 saturated carbocycles. The van der Waals surface area contributed by atoms with Crippen molar-refractivity contribution >= 4 is 11.9 Å². The molecule has 22 heavy (non-hydrogen) atoms. The Morgan fingerprint density at radius 3 is 2.64 bits per heavy atom. The molecule has 1 aromatic heterocycles. The summed E-state index contributed by atoms with van der Waals surface area (Å²) in [6.07, 6.45) is 1.54. The first-order chi connectivity index (χ1) is 10.5. The van der Waals surface area contributed by atoms with Crippen molar-refractivity contribution in [2.75, 3.05) is 11.9 Å². The zero-order valence-corrected chi connectivity index (χ0v) is 12.6. The monoisotopic (exact) mass is 302 g/mol. The first-order valence-electron chi connectivity index (χ1n) is 7.14. The van der Waals surface area contributed by atoms with Gasteiger partial charge in [0.25, 0.3) is 5.91 Å². The molecule has 0 spiro atoms. The number of benzene rings is 1. The number of carbonyl (C=O) groups is 1. The second-order valence-electron chi connectivity index (χ2n) is 5.35. The summed E-state index contributed by atoms with van der Waals surface area (Å²) in [5, 5.41) is 5.82. The Morgan fingerprint density at radius 1 is 1.23 bits per heavy atom. The normalized spacial score (nSPS) is 10.5. The molecule has 116 valence electrons. The molecule has 1 heterocycles. The second-order valence-corrected chi connectivity index (χ2v) is 5.35. The van der Waals surface area contributed by atoms with Gasteiger partial charge in [0.05, 0.1) is 0 Å². The average molecular weight is 302 g/mol. The number of anilines is 1. The van der Waals surface area contributed by atoms with Crippen LogP contribution in [0.15, 0.2) is 36.5 Å². The van der Waals surface area contributed by atoms with Gasteiger partial charge in [0.1, 0.15) is 11.5 Å². The van der Waals surface area contributed by atoms with Crippen LogP contribution in [0.25, 0.3) is 0 Å².